The molecule has 3 rings (SSSR count). The first kappa shape index (κ1) is 23.5. The van der Waals surface area contributed by atoms with Crippen LogP contribution in [0.15, 0.2) is 53.1 Å². The lowest BCUT2D eigenvalue weighted by Gasteiger charge is -2.16. The van der Waals surface area contributed by atoms with Gasteiger partial charge in [0.15, 0.2) is 23.8 Å². The molecular weight excluding hydrogens is 426 g/mol. The van der Waals surface area contributed by atoms with Crippen molar-refractivity contribution in [1.82, 2.24) is 10.5 Å². The number of carbonyl (C=O) groups excluding carboxylic acids is 1. The molecule has 1 N–H and O–H groups in total. The zero-order valence-electron chi connectivity index (χ0n) is 18.6. The van der Waals surface area contributed by atoms with Crippen molar-refractivity contribution in [3.05, 3.63) is 81.2 Å². The van der Waals surface area contributed by atoms with Gasteiger partial charge in [0.25, 0.3) is 5.91 Å². The molecule has 0 fully saturated rings. The highest BCUT2D eigenvalue weighted by Gasteiger charge is 2.22. The predicted molar refractivity (Wildman–Crippen MR) is 123 cm³/mol. The van der Waals surface area contributed by atoms with E-state index in [-0.39, 0.29) is 35.7 Å². The molecule has 0 saturated heterocycles. The van der Waals surface area contributed by atoms with Crippen LogP contribution in [0.2, 0.25) is 0 Å². The first-order valence-electron chi connectivity index (χ1n) is 10.4. The third-order valence-electron chi connectivity index (χ3n) is 4.77. The fourth-order valence-corrected chi connectivity index (χ4v) is 3.15. The van der Waals surface area contributed by atoms with Crippen LogP contribution in [0.3, 0.4) is 0 Å². The summed E-state index contributed by atoms with van der Waals surface area (Å²) < 4.78 is 16.4. The van der Waals surface area contributed by atoms with Crippen molar-refractivity contribution < 1.29 is 23.7 Å². The van der Waals surface area contributed by atoms with Gasteiger partial charge in [0.2, 0.25) is 5.76 Å². The summed E-state index contributed by atoms with van der Waals surface area (Å²) in [6.45, 7) is 5.47. The van der Waals surface area contributed by atoms with E-state index in [9.17, 15) is 14.9 Å². The van der Waals surface area contributed by atoms with Crippen molar-refractivity contribution in [2.75, 3.05) is 13.2 Å². The smallest absolute Gasteiger partial charge is 0.338 e. The lowest BCUT2D eigenvalue weighted by molar-refractivity contribution is -0.386. The van der Waals surface area contributed by atoms with Crippen molar-refractivity contribution in [3.63, 3.8) is 0 Å². The molecule has 0 radical (unpaired) electrons. The number of aromatic nitrogens is 1. The Hall–Kier alpha value is -4.14. The summed E-state index contributed by atoms with van der Waals surface area (Å²) in [6, 6.07) is 14.6. The Kier molecular flexibility index (Phi) is 7.80. The molecule has 0 aliphatic carbocycles. The van der Waals surface area contributed by atoms with Gasteiger partial charge in [0, 0.05) is 0 Å². The highest BCUT2D eigenvalue weighted by atomic mass is 16.6. The van der Waals surface area contributed by atoms with Gasteiger partial charge in [-0.1, -0.05) is 47.6 Å². The van der Waals surface area contributed by atoms with Crippen LogP contribution in [0.25, 0.3) is 12.2 Å². The van der Waals surface area contributed by atoms with Crippen molar-refractivity contribution >= 4 is 23.7 Å². The maximum absolute atomic E-state index is 12.3. The number of amides is 1. The summed E-state index contributed by atoms with van der Waals surface area (Å²) in [7, 11) is 0. The molecule has 33 heavy (non-hydrogen) atoms. The minimum Gasteiger partial charge on any atom is -0.490 e. The Morgan fingerprint density at radius 1 is 1.18 bits per heavy atom. The summed E-state index contributed by atoms with van der Waals surface area (Å²) >= 11 is 0. The van der Waals surface area contributed by atoms with Gasteiger partial charge in [-0.25, -0.2) is 0 Å². The summed E-state index contributed by atoms with van der Waals surface area (Å²) in [4.78, 5) is 23.0. The van der Waals surface area contributed by atoms with E-state index in [0.717, 1.165) is 5.56 Å². The lowest BCUT2D eigenvalue weighted by atomic mass is 10.1. The van der Waals surface area contributed by atoms with Crippen LogP contribution in [-0.4, -0.2) is 29.2 Å². The Balaban J connectivity index is 1.67. The molecule has 172 valence electrons. The zero-order chi connectivity index (χ0) is 23.8. The van der Waals surface area contributed by atoms with Gasteiger partial charge in [-0.3, -0.25) is 14.9 Å². The second-order valence-electron chi connectivity index (χ2n) is 7.20. The summed E-state index contributed by atoms with van der Waals surface area (Å²) in [5, 5.41) is 17.7. The third-order valence-corrected chi connectivity index (χ3v) is 4.77. The Bertz CT molecular complexity index is 1140. The molecule has 0 bridgehead atoms. The topological polar surface area (TPSA) is 117 Å². The molecule has 9 heteroatoms. The second kappa shape index (κ2) is 10.9. The van der Waals surface area contributed by atoms with E-state index in [1.54, 1.807) is 24.3 Å². The molecule has 9 nitrogen and oxygen atoms in total. The monoisotopic (exact) mass is 451 g/mol. The fourth-order valence-electron chi connectivity index (χ4n) is 3.15. The molecule has 1 heterocycles. The Morgan fingerprint density at radius 3 is 2.64 bits per heavy atom. The number of benzene rings is 2. The molecule has 3 aromatic rings. The Labute approximate surface area is 191 Å². The van der Waals surface area contributed by atoms with E-state index in [2.05, 4.69) is 10.5 Å². The molecule has 1 aromatic heterocycles. The van der Waals surface area contributed by atoms with E-state index in [1.165, 1.54) is 13.0 Å². The molecule has 0 saturated carbocycles. The molecule has 0 unspecified atom stereocenters. The van der Waals surface area contributed by atoms with Gasteiger partial charge in [0.1, 0.15) is 0 Å². The fraction of sp³-hybridized carbons (Fsp3) is 0.250. The number of nitrogens with zero attached hydrogens (tertiary/aromatic N) is 2. The molecule has 0 aliphatic heterocycles. The minimum absolute atomic E-state index is 0.0555. The zero-order valence-corrected chi connectivity index (χ0v) is 18.6. The number of aryl methyl sites for hydroxylation is 1. The summed E-state index contributed by atoms with van der Waals surface area (Å²) in [5.41, 5.74) is 1.74. The van der Waals surface area contributed by atoms with E-state index in [4.69, 9.17) is 14.0 Å². The molecule has 1 amide bonds. The van der Waals surface area contributed by atoms with Crippen LogP contribution in [0.1, 0.15) is 42.5 Å². The highest BCUT2D eigenvalue weighted by Crippen LogP contribution is 2.30. The molecule has 2 aromatic carbocycles. The first-order chi connectivity index (χ1) is 15.9. The summed E-state index contributed by atoms with van der Waals surface area (Å²) in [6.07, 6.45) is 3.12. The van der Waals surface area contributed by atoms with E-state index in [0.29, 0.717) is 23.7 Å². The predicted octanol–water partition coefficient (Wildman–Crippen LogP) is 4.72. The maximum atomic E-state index is 12.3. The van der Waals surface area contributed by atoms with Crippen molar-refractivity contribution in [1.29, 1.82) is 0 Å². The van der Waals surface area contributed by atoms with Crippen LogP contribution < -0.4 is 14.8 Å². The number of nitro groups is 1. The largest absolute Gasteiger partial charge is 0.490 e. The van der Waals surface area contributed by atoms with Crippen molar-refractivity contribution in [2.24, 2.45) is 0 Å². The van der Waals surface area contributed by atoms with Gasteiger partial charge in [0.05, 0.1) is 17.6 Å². The van der Waals surface area contributed by atoms with Crippen molar-refractivity contribution in [3.8, 4) is 11.5 Å². The standard InChI is InChI=1S/C24H25N3O6/c1-4-31-22-14-18(11-13-21-24(27(29)30)17(3)26-33-21)10-12-20(22)32-15-23(28)25-16(2)19-8-6-5-7-9-19/h5-14,16H,4,15H2,1-3H3,(H,25,28)/b13-11+/t16-/m0/s1. The van der Waals surface area contributed by atoms with Crippen LogP contribution in [0, 0.1) is 17.0 Å². The van der Waals surface area contributed by atoms with Crippen LogP contribution >= 0.6 is 0 Å². The van der Waals surface area contributed by atoms with E-state index in [1.807, 2.05) is 44.2 Å². The average Bonchev–Trinajstić information content (AvgIpc) is 3.18. The van der Waals surface area contributed by atoms with Gasteiger partial charge in [-0.2, -0.15) is 0 Å². The number of ether oxygens (including phenoxy) is 2. The highest BCUT2D eigenvalue weighted by molar-refractivity contribution is 5.78. The molecule has 1 atom stereocenters. The molecule has 0 spiro atoms. The first-order valence-corrected chi connectivity index (χ1v) is 10.4. The summed E-state index contributed by atoms with van der Waals surface area (Å²) in [5.74, 6) is 0.663. The number of hydrogen-bond acceptors (Lipinski definition) is 7. The van der Waals surface area contributed by atoms with Gasteiger partial charge < -0.3 is 19.3 Å². The van der Waals surface area contributed by atoms with Gasteiger partial charge in [-0.15, -0.1) is 0 Å². The number of nitrogens with one attached hydrogen (secondary N) is 1. The number of rotatable bonds is 10. The SMILES string of the molecule is CCOc1cc(/C=C/c2onc(C)c2[N+](=O)[O-])ccc1OCC(=O)N[C@@H](C)c1ccccc1. The molecular formula is C24H25N3O6. The quantitative estimate of drug-likeness (QED) is 0.350. The third kappa shape index (κ3) is 6.19. The average molecular weight is 451 g/mol. The number of hydrogen-bond donors (Lipinski definition) is 1. The second-order valence-corrected chi connectivity index (χ2v) is 7.20. The normalized spacial score (nSPS) is 11.8. The molecule has 0 aliphatic rings. The van der Waals surface area contributed by atoms with Gasteiger partial charge in [-0.05, 0) is 50.1 Å². The Morgan fingerprint density at radius 2 is 1.94 bits per heavy atom. The minimum atomic E-state index is -0.530. The number of carbonyl (C=O) groups is 1. The van der Waals surface area contributed by atoms with E-state index >= 15 is 0 Å². The van der Waals surface area contributed by atoms with E-state index < -0.39 is 4.92 Å². The van der Waals surface area contributed by atoms with Crippen molar-refractivity contribution in [2.45, 2.75) is 26.8 Å². The maximum Gasteiger partial charge on any atom is 0.338 e. The van der Waals surface area contributed by atoms with Crippen LogP contribution in [0.5, 0.6) is 11.5 Å². The lowest BCUT2D eigenvalue weighted by Crippen LogP contribution is -2.31. The van der Waals surface area contributed by atoms with Crippen LogP contribution in [0.4, 0.5) is 5.69 Å². The van der Waals surface area contributed by atoms with Gasteiger partial charge >= 0.3 is 5.69 Å². The van der Waals surface area contributed by atoms with Crippen LogP contribution in [-0.2, 0) is 4.79 Å².